The average Bonchev–Trinajstić information content (AvgIpc) is 3.08. The van der Waals surface area contributed by atoms with Crippen LogP contribution in [0.3, 0.4) is 0 Å². The zero-order valence-electron chi connectivity index (χ0n) is 17.2. The van der Waals surface area contributed by atoms with Crippen LogP contribution < -0.4 is 10.6 Å². The number of aliphatic hydroxyl groups excluding tert-OH is 1. The van der Waals surface area contributed by atoms with E-state index in [0.29, 0.717) is 18.3 Å². The Labute approximate surface area is 180 Å². The van der Waals surface area contributed by atoms with E-state index in [0.717, 1.165) is 25.5 Å². The number of hydrogen-bond acceptors (Lipinski definition) is 5. The van der Waals surface area contributed by atoms with Gasteiger partial charge < -0.3 is 20.3 Å². The summed E-state index contributed by atoms with van der Waals surface area (Å²) < 4.78 is 5.33. The standard InChI is InChI=1S/C19H35N5O2.HI/c1-5-20-17(21-13-15-23-16(26-24-15)18(2,3)4)22-14-19(11-12-25)9-7-6-8-10-19;/h25H,5-14H2,1-4H3,(H2,20,21,22);1H. The van der Waals surface area contributed by atoms with Crippen molar-refractivity contribution in [2.45, 2.75) is 78.2 Å². The summed E-state index contributed by atoms with van der Waals surface area (Å²) in [7, 11) is 0. The van der Waals surface area contributed by atoms with Crippen LogP contribution in [-0.2, 0) is 12.0 Å². The van der Waals surface area contributed by atoms with Gasteiger partial charge in [0.15, 0.2) is 11.8 Å². The zero-order valence-corrected chi connectivity index (χ0v) is 19.5. The van der Waals surface area contributed by atoms with Gasteiger partial charge in [-0.3, -0.25) is 0 Å². The first-order valence-electron chi connectivity index (χ1n) is 9.85. The molecule has 0 bridgehead atoms. The molecule has 1 saturated carbocycles. The van der Waals surface area contributed by atoms with Gasteiger partial charge in [-0.1, -0.05) is 45.2 Å². The number of nitrogens with zero attached hydrogens (tertiary/aromatic N) is 3. The number of aromatic nitrogens is 2. The number of hydrogen-bond donors (Lipinski definition) is 3. The molecule has 27 heavy (non-hydrogen) atoms. The first-order valence-corrected chi connectivity index (χ1v) is 9.85. The molecule has 1 aromatic heterocycles. The molecule has 0 saturated heterocycles. The summed E-state index contributed by atoms with van der Waals surface area (Å²) in [6.45, 7) is 10.4. The number of rotatable bonds is 7. The summed E-state index contributed by atoms with van der Waals surface area (Å²) in [5, 5.41) is 20.2. The van der Waals surface area contributed by atoms with Gasteiger partial charge in [-0.2, -0.15) is 4.98 Å². The molecule has 0 aromatic carbocycles. The van der Waals surface area contributed by atoms with Crippen molar-refractivity contribution in [2.75, 3.05) is 19.7 Å². The molecule has 8 heteroatoms. The zero-order chi connectivity index (χ0) is 19.0. The fraction of sp³-hybridized carbons (Fsp3) is 0.842. The van der Waals surface area contributed by atoms with Crippen LogP contribution in [0, 0.1) is 5.41 Å². The van der Waals surface area contributed by atoms with E-state index in [1.165, 1.54) is 32.1 Å². The van der Waals surface area contributed by atoms with Crippen molar-refractivity contribution >= 4 is 29.9 Å². The van der Waals surface area contributed by atoms with Crippen LogP contribution in [-0.4, -0.2) is 40.9 Å². The minimum atomic E-state index is -0.157. The number of aliphatic hydroxyl groups is 1. The van der Waals surface area contributed by atoms with E-state index in [1.54, 1.807) is 0 Å². The van der Waals surface area contributed by atoms with E-state index in [-0.39, 0.29) is 41.4 Å². The van der Waals surface area contributed by atoms with Gasteiger partial charge in [-0.05, 0) is 31.6 Å². The maximum Gasteiger partial charge on any atom is 0.232 e. The van der Waals surface area contributed by atoms with Gasteiger partial charge in [-0.15, -0.1) is 24.0 Å². The summed E-state index contributed by atoms with van der Waals surface area (Å²) in [5.74, 6) is 1.98. The van der Waals surface area contributed by atoms with Crippen LogP contribution in [0.4, 0.5) is 0 Å². The molecule has 0 radical (unpaired) electrons. The van der Waals surface area contributed by atoms with Gasteiger partial charge in [0.05, 0.1) is 0 Å². The molecule has 1 aromatic rings. The molecule has 0 unspecified atom stereocenters. The van der Waals surface area contributed by atoms with Crippen LogP contribution in [0.1, 0.15) is 77.9 Å². The Hall–Kier alpha value is -0.900. The van der Waals surface area contributed by atoms with Crippen molar-refractivity contribution in [1.29, 1.82) is 0 Å². The van der Waals surface area contributed by atoms with Crippen molar-refractivity contribution in [3.63, 3.8) is 0 Å². The highest BCUT2D eigenvalue weighted by Gasteiger charge is 2.31. The van der Waals surface area contributed by atoms with Crippen LogP contribution in [0.2, 0.25) is 0 Å². The summed E-state index contributed by atoms with van der Waals surface area (Å²) in [6, 6.07) is 0. The lowest BCUT2D eigenvalue weighted by Gasteiger charge is -2.37. The van der Waals surface area contributed by atoms with Crippen molar-refractivity contribution < 1.29 is 9.63 Å². The Morgan fingerprint density at radius 2 is 1.93 bits per heavy atom. The van der Waals surface area contributed by atoms with Gasteiger partial charge in [0.25, 0.3) is 0 Å². The second-order valence-corrected chi connectivity index (χ2v) is 8.35. The topological polar surface area (TPSA) is 95.6 Å². The van der Waals surface area contributed by atoms with E-state index < -0.39 is 0 Å². The summed E-state index contributed by atoms with van der Waals surface area (Å²) in [5.41, 5.74) is 0.0180. The SMILES string of the molecule is CCNC(=NCc1noc(C(C)(C)C)n1)NCC1(CCO)CCCCC1.I. The summed E-state index contributed by atoms with van der Waals surface area (Å²) in [4.78, 5) is 9.03. The third-order valence-electron chi connectivity index (χ3n) is 5.02. The summed E-state index contributed by atoms with van der Waals surface area (Å²) in [6.07, 6.45) is 6.97. The fourth-order valence-corrected chi connectivity index (χ4v) is 3.44. The minimum Gasteiger partial charge on any atom is -0.396 e. The van der Waals surface area contributed by atoms with Crippen LogP contribution in [0.15, 0.2) is 9.52 Å². The molecule has 0 atom stereocenters. The van der Waals surface area contributed by atoms with Gasteiger partial charge in [-0.25, -0.2) is 4.99 Å². The van der Waals surface area contributed by atoms with E-state index in [2.05, 4.69) is 25.8 Å². The maximum atomic E-state index is 9.47. The normalized spacial score (nSPS) is 17.3. The molecular weight excluding hydrogens is 457 g/mol. The van der Waals surface area contributed by atoms with Crippen LogP contribution in [0.25, 0.3) is 0 Å². The lowest BCUT2D eigenvalue weighted by molar-refractivity contribution is 0.131. The number of halogens is 1. The Morgan fingerprint density at radius 3 is 2.48 bits per heavy atom. The monoisotopic (exact) mass is 493 g/mol. The van der Waals surface area contributed by atoms with Crippen LogP contribution in [0.5, 0.6) is 0 Å². The van der Waals surface area contributed by atoms with Crippen LogP contribution >= 0.6 is 24.0 Å². The number of nitrogens with one attached hydrogen (secondary N) is 2. The molecule has 0 aliphatic heterocycles. The Morgan fingerprint density at radius 1 is 1.22 bits per heavy atom. The van der Waals surface area contributed by atoms with Gasteiger partial charge >= 0.3 is 0 Å². The molecule has 0 spiro atoms. The highest BCUT2D eigenvalue weighted by molar-refractivity contribution is 14.0. The predicted molar refractivity (Wildman–Crippen MR) is 118 cm³/mol. The first kappa shape index (κ1) is 24.1. The van der Waals surface area contributed by atoms with E-state index in [1.807, 2.05) is 27.7 Å². The minimum absolute atomic E-state index is 0. The molecular formula is C19H36IN5O2. The predicted octanol–water partition coefficient (Wildman–Crippen LogP) is 3.37. The van der Waals surface area contributed by atoms with Gasteiger partial charge in [0.1, 0.15) is 6.54 Å². The highest BCUT2D eigenvalue weighted by Crippen LogP contribution is 2.38. The molecule has 1 heterocycles. The van der Waals surface area contributed by atoms with Crippen molar-refractivity contribution in [3.8, 4) is 0 Å². The number of guanidine groups is 1. The lowest BCUT2D eigenvalue weighted by Crippen LogP contribution is -2.45. The molecule has 2 rings (SSSR count). The van der Waals surface area contributed by atoms with Crippen molar-refractivity contribution in [2.24, 2.45) is 10.4 Å². The smallest absolute Gasteiger partial charge is 0.232 e. The molecule has 3 N–H and O–H groups in total. The highest BCUT2D eigenvalue weighted by atomic mass is 127. The third kappa shape index (κ3) is 7.56. The quantitative estimate of drug-likeness (QED) is 0.306. The maximum absolute atomic E-state index is 9.47. The van der Waals surface area contributed by atoms with E-state index in [4.69, 9.17) is 4.52 Å². The van der Waals surface area contributed by atoms with Gasteiger partial charge in [0, 0.05) is 25.1 Å². The van der Waals surface area contributed by atoms with Gasteiger partial charge in [0.2, 0.25) is 5.89 Å². The molecule has 1 aliphatic rings. The molecule has 0 amide bonds. The largest absolute Gasteiger partial charge is 0.396 e. The Kier molecular flexibility index (Phi) is 10.0. The Bertz CT molecular complexity index is 571. The Balaban J connectivity index is 0.00000364. The molecule has 7 nitrogen and oxygen atoms in total. The third-order valence-corrected chi connectivity index (χ3v) is 5.02. The second-order valence-electron chi connectivity index (χ2n) is 8.35. The van der Waals surface area contributed by atoms with Crippen molar-refractivity contribution in [3.05, 3.63) is 11.7 Å². The number of aliphatic imine (C=N–C) groups is 1. The average molecular weight is 493 g/mol. The molecule has 156 valence electrons. The van der Waals surface area contributed by atoms with Crippen molar-refractivity contribution in [1.82, 2.24) is 20.8 Å². The lowest BCUT2D eigenvalue weighted by atomic mass is 9.72. The van der Waals surface area contributed by atoms with E-state index in [9.17, 15) is 5.11 Å². The molecule has 1 fully saturated rings. The van der Waals surface area contributed by atoms with E-state index >= 15 is 0 Å². The summed E-state index contributed by atoms with van der Waals surface area (Å²) >= 11 is 0. The second kappa shape index (κ2) is 11.2. The fourth-order valence-electron chi connectivity index (χ4n) is 3.44. The first-order chi connectivity index (χ1) is 12.4. The molecule has 1 aliphatic carbocycles.